The summed E-state index contributed by atoms with van der Waals surface area (Å²) in [4.78, 5) is 0. The van der Waals surface area contributed by atoms with Crippen molar-refractivity contribution < 1.29 is 5.11 Å². The second kappa shape index (κ2) is 7.47. The van der Waals surface area contributed by atoms with E-state index in [1.807, 2.05) is 12.1 Å². The number of rotatable bonds is 6. The normalized spacial score (nSPS) is 14.9. The van der Waals surface area contributed by atoms with Crippen LogP contribution in [0.15, 0.2) is 54.6 Å². The Morgan fingerprint density at radius 2 is 1.87 bits per heavy atom. The summed E-state index contributed by atoms with van der Waals surface area (Å²) in [6.07, 6.45) is 6.79. The highest BCUT2D eigenvalue weighted by atomic mass is 16.3. The SMILES string of the molecule is CC(CC1=CCCc2ccccc21)NCCc1ccc(O)cc1. The molecule has 1 aliphatic rings. The molecule has 1 unspecified atom stereocenters. The number of hydrogen-bond acceptors (Lipinski definition) is 2. The van der Waals surface area contributed by atoms with E-state index in [1.54, 1.807) is 12.1 Å². The van der Waals surface area contributed by atoms with E-state index in [0.717, 1.165) is 25.8 Å². The number of hydrogen-bond donors (Lipinski definition) is 2. The van der Waals surface area contributed by atoms with Crippen molar-refractivity contribution in [1.82, 2.24) is 5.32 Å². The fourth-order valence-electron chi connectivity index (χ4n) is 3.28. The molecular formula is C21H25NO. The molecule has 0 saturated carbocycles. The molecule has 0 amide bonds. The van der Waals surface area contributed by atoms with Gasteiger partial charge in [0, 0.05) is 6.04 Å². The van der Waals surface area contributed by atoms with Gasteiger partial charge in [0.05, 0.1) is 0 Å². The summed E-state index contributed by atoms with van der Waals surface area (Å²) in [6, 6.07) is 16.7. The average Bonchev–Trinajstić information content (AvgIpc) is 2.57. The van der Waals surface area contributed by atoms with Gasteiger partial charge in [0.2, 0.25) is 0 Å². The molecule has 0 spiro atoms. The monoisotopic (exact) mass is 307 g/mol. The molecule has 2 heteroatoms. The Morgan fingerprint density at radius 3 is 2.70 bits per heavy atom. The Balaban J connectivity index is 1.51. The third-order valence-corrected chi connectivity index (χ3v) is 4.54. The minimum absolute atomic E-state index is 0.331. The lowest BCUT2D eigenvalue weighted by molar-refractivity contribution is 0.475. The van der Waals surface area contributed by atoms with Gasteiger partial charge < -0.3 is 10.4 Å². The minimum atomic E-state index is 0.331. The molecule has 0 heterocycles. The number of benzene rings is 2. The summed E-state index contributed by atoms with van der Waals surface area (Å²) in [5.41, 5.74) is 5.66. The fraction of sp³-hybridized carbons (Fsp3) is 0.333. The minimum Gasteiger partial charge on any atom is -0.508 e. The summed E-state index contributed by atoms with van der Waals surface area (Å²) in [5, 5.41) is 12.9. The van der Waals surface area contributed by atoms with Crippen molar-refractivity contribution in [3.63, 3.8) is 0 Å². The van der Waals surface area contributed by atoms with Crippen molar-refractivity contribution in [1.29, 1.82) is 0 Å². The first kappa shape index (κ1) is 15.8. The molecular weight excluding hydrogens is 282 g/mol. The maximum atomic E-state index is 9.31. The van der Waals surface area contributed by atoms with Gasteiger partial charge in [-0.15, -0.1) is 0 Å². The van der Waals surface area contributed by atoms with Crippen LogP contribution in [-0.2, 0) is 12.8 Å². The summed E-state index contributed by atoms with van der Waals surface area (Å²) in [6.45, 7) is 3.22. The molecule has 0 aliphatic heterocycles. The second-order valence-corrected chi connectivity index (χ2v) is 6.40. The number of nitrogens with one attached hydrogen (secondary N) is 1. The first-order chi connectivity index (χ1) is 11.2. The topological polar surface area (TPSA) is 32.3 Å². The Hall–Kier alpha value is -2.06. The highest BCUT2D eigenvalue weighted by molar-refractivity contribution is 5.70. The van der Waals surface area contributed by atoms with Crippen molar-refractivity contribution in [3.05, 3.63) is 71.3 Å². The number of fused-ring (bicyclic) bond motifs is 1. The standard InChI is InChI=1S/C21H25NO/c1-16(22-14-13-17-9-11-20(23)12-10-17)15-19-7-4-6-18-5-2-3-8-21(18)19/h2-3,5,7-12,16,22-23H,4,6,13-15H2,1H3. The van der Waals surface area contributed by atoms with E-state index in [0.29, 0.717) is 11.8 Å². The lowest BCUT2D eigenvalue weighted by atomic mass is 9.88. The van der Waals surface area contributed by atoms with Crippen molar-refractivity contribution >= 4 is 5.57 Å². The largest absolute Gasteiger partial charge is 0.508 e. The number of aromatic hydroxyl groups is 1. The molecule has 23 heavy (non-hydrogen) atoms. The molecule has 3 rings (SSSR count). The van der Waals surface area contributed by atoms with E-state index in [-0.39, 0.29) is 0 Å². The van der Waals surface area contributed by atoms with Gasteiger partial charge in [-0.2, -0.15) is 0 Å². The Kier molecular flexibility index (Phi) is 5.14. The number of phenols is 1. The predicted molar refractivity (Wildman–Crippen MR) is 96.6 cm³/mol. The molecule has 0 radical (unpaired) electrons. The maximum absolute atomic E-state index is 9.31. The maximum Gasteiger partial charge on any atom is 0.115 e. The zero-order valence-corrected chi connectivity index (χ0v) is 13.8. The van der Waals surface area contributed by atoms with Crippen LogP contribution < -0.4 is 5.32 Å². The van der Waals surface area contributed by atoms with Crippen LogP contribution in [-0.4, -0.2) is 17.7 Å². The van der Waals surface area contributed by atoms with Crippen LogP contribution >= 0.6 is 0 Å². The van der Waals surface area contributed by atoms with Gasteiger partial charge in [0.25, 0.3) is 0 Å². The van der Waals surface area contributed by atoms with E-state index in [9.17, 15) is 5.11 Å². The van der Waals surface area contributed by atoms with Gasteiger partial charge in [0.1, 0.15) is 5.75 Å². The highest BCUT2D eigenvalue weighted by Crippen LogP contribution is 2.29. The van der Waals surface area contributed by atoms with Crippen molar-refractivity contribution in [2.75, 3.05) is 6.54 Å². The molecule has 0 bridgehead atoms. The third-order valence-electron chi connectivity index (χ3n) is 4.54. The summed E-state index contributed by atoms with van der Waals surface area (Å²) in [5.74, 6) is 0.331. The van der Waals surface area contributed by atoms with Gasteiger partial charge in [0.15, 0.2) is 0 Å². The first-order valence-corrected chi connectivity index (χ1v) is 8.51. The molecule has 0 aromatic heterocycles. The zero-order chi connectivity index (χ0) is 16.1. The van der Waals surface area contributed by atoms with Crippen molar-refractivity contribution in [2.45, 2.75) is 38.6 Å². The quantitative estimate of drug-likeness (QED) is 0.832. The van der Waals surface area contributed by atoms with Crippen LogP contribution in [0.1, 0.15) is 36.5 Å². The average molecular weight is 307 g/mol. The van der Waals surface area contributed by atoms with Crippen molar-refractivity contribution in [2.24, 2.45) is 0 Å². The van der Waals surface area contributed by atoms with Gasteiger partial charge >= 0.3 is 0 Å². The van der Waals surface area contributed by atoms with Crippen LogP contribution in [0.5, 0.6) is 5.75 Å². The lowest BCUT2D eigenvalue weighted by Gasteiger charge is -2.21. The van der Waals surface area contributed by atoms with E-state index in [1.165, 1.54) is 28.7 Å². The van der Waals surface area contributed by atoms with Gasteiger partial charge in [-0.05, 0) is 73.5 Å². The third kappa shape index (κ3) is 4.23. The van der Waals surface area contributed by atoms with Crippen LogP contribution in [0.4, 0.5) is 0 Å². The molecule has 0 fully saturated rings. The van der Waals surface area contributed by atoms with E-state index in [4.69, 9.17) is 0 Å². The number of aryl methyl sites for hydroxylation is 1. The molecule has 2 N–H and O–H groups in total. The van der Waals surface area contributed by atoms with Crippen LogP contribution in [0.25, 0.3) is 5.57 Å². The predicted octanol–water partition coefficient (Wildman–Crippen LogP) is 4.33. The summed E-state index contributed by atoms with van der Waals surface area (Å²) >= 11 is 0. The Labute approximate surface area is 138 Å². The van der Waals surface area contributed by atoms with E-state index in [2.05, 4.69) is 42.6 Å². The van der Waals surface area contributed by atoms with Gasteiger partial charge in [-0.25, -0.2) is 0 Å². The highest BCUT2D eigenvalue weighted by Gasteiger charge is 2.14. The molecule has 2 aromatic carbocycles. The smallest absolute Gasteiger partial charge is 0.115 e. The lowest BCUT2D eigenvalue weighted by Crippen LogP contribution is -2.28. The Bertz CT molecular complexity index is 672. The molecule has 1 aliphatic carbocycles. The van der Waals surface area contributed by atoms with Crippen LogP contribution in [0.3, 0.4) is 0 Å². The van der Waals surface area contributed by atoms with Gasteiger partial charge in [-0.1, -0.05) is 42.5 Å². The fourth-order valence-corrected chi connectivity index (χ4v) is 3.28. The summed E-state index contributed by atoms with van der Waals surface area (Å²) in [7, 11) is 0. The Morgan fingerprint density at radius 1 is 1.09 bits per heavy atom. The molecule has 0 saturated heterocycles. The summed E-state index contributed by atoms with van der Waals surface area (Å²) < 4.78 is 0. The zero-order valence-electron chi connectivity index (χ0n) is 13.8. The van der Waals surface area contributed by atoms with E-state index >= 15 is 0 Å². The molecule has 2 nitrogen and oxygen atoms in total. The van der Waals surface area contributed by atoms with Crippen LogP contribution in [0, 0.1) is 0 Å². The number of allylic oxidation sites excluding steroid dienone is 1. The number of phenolic OH excluding ortho intramolecular Hbond substituents is 1. The molecule has 1 atom stereocenters. The van der Waals surface area contributed by atoms with Crippen LogP contribution in [0.2, 0.25) is 0 Å². The van der Waals surface area contributed by atoms with Gasteiger partial charge in [-0.3, -0.25) is 0 Å². The molecule has 2 aromatic rings. The van der Waals surface area contributed by atoms with E-state index < -0.39 is 0 Å². The first-order valence-electron chi connectivity index (χ1n) is 8.51. The molecule has 120 valence electrons. The van der Waals surface area contributed by atoms with Crippen molar-refractivity contribution in [3.8, 4) is 5.75 Å². The second-order valence-electron chi connectivity index (χ2n) is 6.40.